The van der Waals surface area contributed by atoms with Crippen LogP contribution in [0.2, 0.25) is 0 Å². The number of hydrogen-bond acceptors (Lipinski definition) is 5. The number of piperidine rings is 1. The first-order valence-electron chi connectivity index (χ1n) is 6.98. The summed E-state index contributed by atoms with van der Waals surface area (Å²) in [5.41, 5.74) is 0. The molecule has 0 radical (unpaired) electrons. The van der Waals surface area contributed by atoms with Crippen molar-refractivity contribution in [3.05, 3.63) is 12.2 Å². The molecule has 0 aliphatic carbocycles. The molecule has 0 spiro atoms. The van der Waals surface area contributed by atoms with E-state index in [1.54, 1.807) is 6.33 Å². The van der Waals surface area contributed by atoms with E-state index in [0.29, 0.717) is 18.9 Å². The zero-order valence-electron chi connectivity index (χ0n) is 12.0. The van der Waals surface area contributed by atoms with Crippen LogP contribution in [-0.2, 0) is 23.0 Å². The van der Waals surface area contributed by atoms with E-state index in [4.69, 9.17) is 5.14 Å². The molecule has 0 amide bonds. The molecule has 1 fully saturated rings. The van der Waals surface area contributed by atoms with Crippen LogP contribution in [0.15, 0.2) is 6.33 Å². The summed E-state index contributed by atoms with van der Waals surface area (Å²) in [4.78, 5) is 4.30. The van der Waals surface area contributed by atoms with Crippen LogP contribution >= 0.6 is 0 Å². The summed E-state index contributed by atoms with van der Waals surface area (Å²) in [6.45, 7) is 5.55. The van der Waals surface area contributed by atoms with Crippen molar-refractivity contribution >= 4 is 10.0 Å². The standard InChI is InChI=1S/C12H23N5O2S/c1-9(2)7-17-12(15-8-16-17)5-10-3-4-11(6-14-10)20(13,18)19/h8-11,14H,3-7H2,1-2H3,(H2,13,18,19). The number of aromatic nitrogens is 3. The van der Waals surface area contributed by atoms with Gasteiger partial charge in [0.1, 0.15) is 12.2 Å². The molecule has 1 aliphatic heterocycles. The van der Waals surface area contributed by atoms with Crippen LogP contribution in [-0.4, -0.2) is 41.0 Å². The lowest BCUT2D eigenvalue weighted by molar-refractivity contribution is 0.378. The highest BCUT2D eigenvalue weighted by Crippen LogP contribution is 2.16. The fourth-order valence-electron chi connectivity index (χ4n) is 2.51. The van der Waals surface area contributed by atoms with Gasteiger partial charge in [0.05, 0.1) is 5.25 Å². The van der Waals surface area contributed by atoms with Gasteiger partial charge in [-0.1, -0.05) is 13.8 Å². The number of nitrogens with two attached hydrogens (primary N) is 1. The fraction of sp³-hybridized carbons (Fsp3) is 0.833. The van der Waals surface area contributed by atoms with Gasteiger partial charge in [-0.2, -0.15) is 5.10 Å². The lowest BCUT2D eigenvalue weighted by atomic mass is 10.0. The quantitative estimate of drug-likeness (QED) is 0.789. The predicted molar refractivity (Wildman–Crippen MR) is 76.5 cm³/mol. The Kier molecular flexibility index (Phi) is 4.77. The maximum atomic E-state index is 11.3. The summed E-state index contributed by atoms with van der Waals surface area (Å²) in [5, 5.41) is 12.2. The molecule has 0 bridgehead atoms. The molecule has 7 nitrogen and oxygen atoms in total. The van der Waals surface area contributed by atoms with Gasteiger partial charge in [0.25, 0.3) is 0 Å². The van der Waals surface area contributed by atoms with Crippen molar-refractivity contribution in [2.24, 2.45) is 11.1 Å². The second kappa shape index (κ2) is 6.19. The minimum atomic E-state index is -3.43. The first kappa shape index (κ1) is 15.4. The Hall–Kier alpha value is -0.990. The fourth-order valence-corrected chi connectivity index (χ4v) is 3.30. The number of sulfonamides is 1. The topological polar surface area (TPSA) is 103 Å². The van der Waals surface area contributed by atoms with Crippen LogP contribution in [0.1, 0.15) is 32.5 Å². The van der Waals surface area contributed by atoms with Gasteiger partial charge in [-0.3, -0.25) is 0 Å². The number of nitrogens with zero attached hydrogens (tertiary/aromatic N) is 3. The third kappa shape index (κ3) is 4.00. The number of primary sulfonamides is 1. The second-order valence-corrected chi connectivity index (χ2v) is 7.69. The molecule has 1 aromatic rings. The van der Waals surface area contributed by atoms with E-state index < -0.39 is 15.3 Å². The number of hydrogen-bond donors (Lipinski definition) is 2. The third-order valence-electron chi connectivity index (χ3n) is 3.60. The van der Waals surface area contributed by atoms with Gasteiger partial charge in [0.15, 0.2) is 0 Å². The molecule has 1 aromatic heterocycles. The van der Waals surface area contributed by atoms with Gasteiger partial charge in [-0.15, -0.1) is 0 Å². The minimum Gasteiger partial charge on any atom is -0.312 e. The molecule has 2 unspecified atom stereocenters. The summed E-state index contributed by atoms with van der Waals surface area (Å²) < 4.78 is 24.5. The van der Waals surface area contributed by atoms with Crippen LogP contribution in [0, 0.1) is 5.92 Å². The summed E-state index contributed by atoms with van der Waals surface area (Å²) in [7, 11) is -3.43. The molecule has 0 aromatic carbocycles. The van der Waals surface area contributed by atoms with Crippen molar-refractivity contribution in [1.82, 2.24) is 20.1 Å². The molecule has 1 saturated heterocycles. The molecule has 114 valence electrons. The lowest BCUT2D eigenvalue weighted by Crippen LogP contribution is -2.47. The smallest absolute Gasteiger partial charge is 0.213 e. The Morgan fingerprint density at radius 3 is 2.80 bits per heavy atom. The zero-order chi connectivity index (χ0) is 14.8. The van der Waals surface area contributed by atoms with E-state index in [2.05, 4.69) is 29.2 Å². The van der Waals surface area contributed by atoms with Crippen molar-refractivity contribution < 1.29 is 8.42 Å². The van der Waals surface area contributed by atoms with Gasteiger partial charge in [-0.05, 0) is 18.8 Å². The number of rotatable bonds is 5. The summed E-state index contributed by atoms with van der Waals surface area (Å²) in [6.07, 6.45) is 3.74. The Labute approximate surface area is 120 Å². The third-order valence-corrected chi connectivity index (χ3v) is 4.93. The maximum absolute atomic E-state index is 11.3. The molecule has 2 atom stereocenters. The van der Waals surface area contributed by atoms with Gasteiger partial charge in [0.2, 0.25) is 10.0 Å². The maximum Gasteiger partial charge on any atom is 0.213 e. The molecule has 0 saturated carbocycles. The zero-order valence-corrected chi connectivity index (χ0v) is 12.8. The SMILES string of the molecule is CC(C)Cn1ncnc1CC1CCC(S(N)(=O)=O)CN1. The largest absolute Gasteiger partial charge is 0.312 e. The first-order chi connectivity index (χ1) is 9.36. The average molecular weight is 301 g/mol. The average Bonchev–Trinajstić information content (AvgIpc) is 2.75. The molecule has 20 heavy (non-hydrogen) atoms. The van der Waals surface area contributed by atoms with Crippen LogP contribution in [0.3, 0.4) is 0 Å². The molecular formula is C12H23N5O2S. The summed E-state index contributed by atoms with van der Waals surface area (Å²) >= 11 is 0. The van der Waals surface area contributed by atoms with Crippen LogP contribution in [0.25, 0.3) is 0 Å². The first-order valence-corrected chi connectivity index (χ1v) is 8.59. The Morgan fingerprint density at radius 2 is 2.25 bits per heavy atom. The van der Waals surface area contributed by atoms with Crippen molar-refractivity contribution in [3.63, 3.8) is 0 Å². The van der Waals surface area contributed by atoms with Crippen molar-refractivity contribution in [3.8, 4) is 0 Å². The van der Waals surface area contributed by atoms with Gasteiger partial charge in [-0.25, -0.2) is 23.2 Å². The van der Waals surface area contributed by atoms with Crippen molar-refractivity contribution in [2.75, 3.05) is 6.54 Å². The Balaban J connectivity index is 1.91. The van der Waals surface area contributed by atoms with Crippen LogP contribution < -0.4 is 10.5 Å². The van der Waals surface area contributed by atoms with E-state index in [1.807, 2.05) is 4.68 Å². The van der Waals surface area contributed by atoms with E-state index in [0.717, 1.165) is 25.2 Å². The van der Waals surface area contributed by atoms with E-state index >= 15 is 0 Å². The summed E-state index contributed by atoms with van der Waals surface area (Å²) in [6, 6.07) is 0.239. The highest BCUT2D eigenvalue weighted by molar-refractivity contribution is 7.89. The van der Waals surface area contributed by atoms with Crippen LogP contribution in [0.4, 0.5) is 0 Å². The molecular weight excluding hydrogens is 278 g/mol. The molecule has 1 aliphatic rings. The molecule has 3 N–H and O–H groups in total. The van der Waals surface area contributed by atoms with E-state index in [1.165, 1.54) is 0 Å². The number of nitrogens with one attached hydrogen (secondary N) is 1. The molecule has 2 heterocycles. The van der Waals surface area contributed by atoms with Crippen molar-refractivity contribution in [1.29, 1.82) is 0 Å². The Morgan fingerprint density at radius 1 is 1.50 bits per heavy atom. The van der Waals surface area contributed by atoms with Gasteiger partial charge in [0, 0.05) is 25.6 Å². The minimum absolute atomic E-state index is 0.239. The van der Waals surface area contributed by atoms with Crippen molar-refractivity contribution in [2.45, 2.75) is 50.9 Å². The molecule has 2 rings (SSSR count). The second-order valence-electron chi connectivity index (χ2n) is 5.85. The summed E-state index contributed by atoms with van der Waals surface area (Å²) in [5.74, 6) is 1.46. The lowest BCUT2D eigenvalue weighted by Gasteiger charge is -2.28. The van der Waals surface area contributed by atoms with E-state index in [9.17, 15) is 8.42 Å². The highest BCUT2D eigenvalue weighted by Gasteiger charge is 2.28. The van der Waals surface area contributed by atoms with Gasteiger partial charge >= 0.3 is 0 Å². The monoisotopic (exact) mass is 301 g/mol. The predicted octanol–water partition coefficient (Wildman–Crippen LogP) is -0.114. The molecule has 8 heteroatoms. The Bertz CT molecular complexity index is 532. The normalized spacial score (nSPS) is 24.2. The van der Waals surface area contributed by atoms with Crippen LogP contribution in [0.5, 0.6) is 0 Å². The highest BCUT2D eigenvalue weighted by atomic mass is 32.2. The van der Waals surface area contributed by atoms with E-state index in [-0.39, 0.29) is 6.04 Å². The van der Waals surface area contributed by atoms with Gasteiger partial charge < -0.3 is 5.32 Å².